The lowest BCUT2D eigenvalue weighted by Crippen LogP contribution is -2.22. The third kappa shape index (κ3) is 4.45. The lowest BCUT2D eigenvalue weighted by molar-refractivity contribution is 0.0996. The Balaban J connectivity index is 1.55. The fourth-order valence-electron chi connectivity index (χ4n) is 3.66. The van der Waals surface area contributed by atoms with Crippen LogP contribution in [0.4, 0.5) is 15.8 Å². The maximum absolute atomic E-state index is 13.2. The molecule has 1 amide bonds. The molecule has 1 aromatic heterocycles. The van der Waals surface area contributed by atoms with E-state index in [1.54, 1.807) is 48.7 Å². The number of halogens is 1. The van der Waals surface area contributed by atoms with Crippen LogP contribution in [-0.4, -0.2) is 28.2 Å². The number of carbonyl (C=O) groups is 1. The molecule has 0 radical (unpaired) electrons. The van der Waals surface area contributed by atoms with Gasteiger partial charge in [-0.05, 0) is 60.9 Å². The predicted octanol–water partition coefficient (Wildman–Crippen LogP) is 4.98. The summed E-state index contributed by atoms with van der Waals surface area (Å²) in [7, 11) is -2.37. The molecule has 8 heteroatoms. The van der Waals surface area contributed by atoms with Gasteiger partial charge in [0.1, 0.15) is 11.6 Å². The Morgan fingerprint density at radius 2 is 1.94 bits per heavy atom. The van der Waals surface area contributed by atoms with Crippen molar-refractivity contribution in [1.29, 1.82) is 0 Å². The molecular formula is C24H24FN3O3S. The molecule has 3 aromatic rings. The van der Waals surface area contributed by atoms with Crippen molar-refractivity contribution in [3.8, 4) is 11.1 Å². The predicted molar refractivity (Wildman–Crippen MR) is 126 cm³/mol. The van der Waals surface area contributed by atoms with Gasteiger partial charge in [0.05, 0.1) is 26.4 Å². The first kappa shape index (κ1) is 21.8. The Morgan fingerprint density at radius 3 is 2.66 bits per heavy atom. The minimum Gasteiger partial charge on any atom is -0.451 e. The Bertz CT molecular complexity index is 1320. The second-order valence-electron chi connectivity index (χ2n) is 7.67. The van der Waals surface area contributed by atoms with Crippen molar-refractivity contribution in [2.24, 2.45) is 4.36 Å². The number of hydrogen-bond donors (Lipinski definition) is 2. The Labute approximate surface area is 186 Å². The van der Waals surface area contributed by atoms with Gasteiger partial charge in [-0.3, -0.25) is 4.79 Å². The van der Waals surface area contributed by atoms with E-state index in [0.717, 1.165) is 16.7 Å². The van der Waals surface area contributed by atoms with Gasteiger partial charge in [-0.15, -0.1) is 0 Å². The van der Waals surface area contributed by atoms with E-state index in [4.69, 9.17) is 10.2 Å². The zero-order valence-corrected chi connectivity index (χ0v) is 18.6. The zero-order chi connectivity index (χ0) is 22.9. The van der Waals surface area contributed by atoms with Crippen molar-refractivity contribution in [3.63, 3.8) is 0 Å². The maximum Gasteiger partial charge on any atom is 0.291 e. The molecule has 0 saturated heterocycles. The van der Waals surface area contributed by atoms with Crippen LogP contribution in [0.3, 0.4) is 0 Å². The van der Waals surface area contributed by atoms with Gasteiger partial charge in [-0.1, -0.05) is 24.3 Å². The second kappa shape index (κ2) is 8.63. The zero-order valence-electron chi connectivity index (χ0n) is 17.8. The van der Waals surface area contributed by atoms with Crippen molar-refractivity contribution in [2.75, 3.05) is 23.9 Å². The van der Waals surface area contributed by atoms with E-state index in [1.165, 1.54) is 12.1 Å². The number of hydrogen-bond acceptors (Lipinski definition) is 5. The molecule has 1 aliphatic carbocycles. The Kier molecular flexibility index (Phi) is 5.88. The number of fused-ring (bicyclic) bond motifs is 1. The Hall–Kier alpha value is -3.39. The molecule has 1 heterocycles. The van der Waals surface area contributed by atoms with Crippen molar-refractivity contribution in [1.82, 2.24) is 0 Å². The van der Waals surface area contributed by atoms with E-state index < -0.39 is 15.6 Å². The van der Waals surface area contributed by atoms with Gasteiger partial charge in [0, 0.05) is 18.4 Å². The van der Waals surface area contributed by atoms with Crippen LogP contribution >= 0.6 is 0 Å². The lowest BCUT2D eigenvalue weighted by atomic mass is 10.0. The molecule has 3 N–H and O–H groups in total. The lowest BCUT2D eigenvalue weighted by Gasteiger charge is -2.17. The van der Waals surface area contributed by atoms with E-state index in [9.17, 15) is 13.4 Å². The highest BCUT2D eigenvalue weighted by molar-refractivity contribution is 7.93. The number of nitrogen functional groups attached to an aromatic ring is 1. The monoisotopic (exact) mass is 453 g/mol. The highest BCUT2D eigenvalue weighted by atomic mass is 32.2. The SMILES string of the molecule is CCN=S(C)(=O)C1C=Cc2oc(C(=O)Nc3cc(-c4ccc(F)cc4)ccc3N)cc2C1. The van der Waals surface area contributed by atoms with E-state index in [0.29, 0.717) is 30.1 Å². The van der Waals surface area contributed by atoms with Crippen LogP contribution in [0.2, 0.25) is 0 Å². The summed E-state index contributed by atoms with van der Waals surface area (Å²) in [6.45, 7) is 2.35. The molecule has 2 atom stereocenters. The van der Waals surface area contributed by atoms with Gasteiger partial charge in [0.2, 0.25) is 0 Å². The summed E-state index contributed by atoms with van der Waals surface area (Å²) in [5, 5.41) is 2.56. The average molecular weight is 454 g/mol. The quantitative estimate of drug-likeness (QED) is 0.533. The van der Waals surface area contributed by atoms with Crippen molar-refractivity contribution < 1.29 is 17.8 Å². The van der Waals surface area contributed by atoms with E-state index >= 15 is 0 Å². The summed E-state index contributed by atoms with van der Waals surface area (Å²) in [5.74, 6) is -0.0473. The summed E-state index contributed by atoms with van der Waals surface area (Å²) >= 11 is 0. The maximum atomic E-state index is 13.2. The number of nitrogens with two attached hydrogens (primary N) is 1. The van der Waals surface area contributed by atoms with Crippen LogP contribution in [0, 0.1) is 5.82 Å². The number of furan rings is 1. The molecule has 4 rings (SSSR count). The van der Waals surface area contributed by atoms with Crippen LogP contribution in [0.5, 0.6) is 0 Å². The van der Waals surface area contributed by atoms with Crippen LogP contribution in [-0.2, 0) is 16.1 Å². The van der Waals surface area contributed by atoms with Gasteiger partial charge >= 0.3 is 0 Å². The first-order valence-electron chi connectivity index (χ1n) is 10.2. The molecule has 0 saturated carbocycles. The number of nitrogens with zero attached hydrogens (tertiary/aromatic N) is 1. The fraction of sp³-hybridized carbons (Fsp3) is 0.208. The molecule has 2 unspecified atom stereocenters. The standard InChI is InChI=1S/C24H24FN3O3S/c1-3-27-32(2,30)19-9-11-22-17(12-19)14-23(31-22)24(29)28-21-13-16(6-10-20(21)26)15-4-7-18(25)8-5-15/h4-11,13-14,19H,3,12,26H2,1-2H3,(H,28,29). The minimum atomic E-state index is -2.37. The number of carbonyl (C=O) groups excluding carboxylic acids is 1. The van der Waals surface area contributed by atoms with Crippen molar-refractivity contribution in [3.05, 3.63) is 77.5 Å². The van der Waals surface area contributed by atoms with E-state index in [1.807, 2.05) is 13.0 Å². The Morgan fingerprint density at radius 1 is 1.22 bits per heavy atom. The second-order valence-corrected chi connectivity index (χ2v) is 10.3. The highest BCUT2D eigenvalue weighted by Crippen LogP contribution is 2.30. The van der Waals surface area contributed by atoms with E-state index in [-0.39, 0.29) is 16.8 Å². The first-order valence-corrected chi connectivity index (χ1v) is 12.2. The molecule has 0 aliphatic heterocycles. The normalized spacial score (nSPS) is 16.8. The van der Waals surface area contributed by atoms with Gasteiger partial charge in [0.25, 0.3) is 5.91 Å². The average Bonchev–Trinajstić information content (AvgIpc) is 3.19. The summed E-state index contributed by atoms with van der Waals surface area (Å²) in [6, 6.07) is 13.0. The number of amides is 1. The van der Waals surface area contributed by atoms with Gasteiger partial charge < -0.3 is 15.5 Å². The summed E-state index contributed by atoms with van der Waals surface area (Å²) in [4.78, 5) is 12.8. The smallest absolute Gasteiger partial charge is 0.291 e. The molecule has 0 spiro atoms. The van der Waals surface area contributed by atoms with Crippen LogP contribution in [0.15, 0.2) is 63.4 Å². The van der Waals surface area contributed by atoms with Gasteiger partial charge in [-0.2, -0.15) is 0 Å². The van der Waals surface area contributed by atoms with Crippen molar-refractivity contribution in [2.45, 2.75) is 18.6 Å². The van der Waals surface area contributed by atoms with Gasteiger partial charge in [-0.25, -0.2) is 13.0 Å². The van der Waals surface area contributed by atoms with Crippen molar-refractivity contribution >= 4 is 33.1 Å². The van der Waals surface area contributed by atoms with Crippen LogP contribution < -0.4 is 11.1 Å². The third-order valence-electron chi connectivity index (χ3n) is 5.38. The first-order chi connectivity index (χ1) is 15.3. The third-order valence-corrected chi connectivity index (χ3v) is 7.59. The number of benzene rings is 2. The molecule has 2 aromatic carbocycles. The number of rotatable bonds is 5. The number of anilines is 2. The number of nitrogens with one attached hydrogen (secondary N) is 1. The van der Waals surface area contributed by atoms with Crippen LogP contribution in [0.25, 0.3) is 17.2 Å². The van der Waals surface area contributed by atoms with Crippen LogP contribution in [0.1, 0.15) is 28.8 Å². The fourth-order valence-corrected chi connectivity index (χ4v) is 5.22. The van der Waals surface area contributed by atoms with Gasteiger partial charge in [0.15, 0.2) is 5.76 Å². The highest BCUT2D eigenvalue weighted by Gasteiger charge is 2.25. The molecule has 166 valence electrons. The molecular weight excluding hydrogens is 429 g/mol. The molecule has 0 bridgehead atoms. The largest absolute Gasteiger partial charge is 0.451 e. The molecule has 1 aliphatic rings. The summed E-state index contributed by atoms with van der Waals surface area (Å²) in [6.07, 6.45) is 5.72. The minimum absolute atomic E-state index is 0.141. The molecule has 0 fully saturated rings. The summed E-state index contributed by atoms with van der Waals surface area (Å²) in [5.41, 5.74) is 9.28. The molecule has 32 heavy (non-hydrogen) atoms. The summed E-state index contributed by atoms with van der Waals surface area (Å²) < 4.78 is 35.9. The van der Waals surface area contributed by atoms with E-state index in [2.05, 4.69) is 9.68 Å². The topological polar surface area (TPSA) is 97.7 Å². The molecule has 6 nitrogen and oxygen atoms in total.